The fourth-order valence-corrected chi connectivity index (χ4v) is 2.27. The molecule has 4 aromatic rings. The summed E-state index contributed by atoms with van der Waals surface area (Å²) >= 11 is 0. The predicted octanol–water partition coefficient (Wildman–Crippen LogP) is 3.11. The van der Waals surface area contributed by atoms with Gasteiger partial charge < -0.3 is 9.72 Å². The lowest BCUT2D eigenvalue weighted by Gasteiger charge is -2.06. The summed E-state index contributed by atoms with van der Waals surface area (Å²) in [4.78, 5) is 25.1. The van der Waals surface area contributed by atoms with Crippen LogP contribution >= 0.6 is 0 Å². The Morgan fingerprint density at radius 1 is 0.870 bits per heavy atom. The van der Waals surface area contributed by atoms with Gasteiger partial charge in [0.25, 0.3) is 0 Å². The van der Waals surface area contributed by atoms with Crippen LogP contribution in [-0.4, -0.2) is 19.9 Å². The van der Waals surface area contributed by atoms with Gasteiger partial charge in [-0.25, -0.2) is 14.8 Å². The Hall–Kier alpha value is -3.41. The predicted molar refractivity (Wildman–Crippen MR) is 86.5 cm³/mol. The number of fused-ring (bicyclic) bond motifs is 1. The Labute approximate surface area is 130 Å². The van der Waals surface area contributed by atoms with E-state index in [0.29, 0.717) is 17.0 Å². The molecule has 0 radical (unpaired) electrons. The molecule has 4 rings (SSSR count). The highest BCUT2D eigenvalue weighted by Crippen LogP contribution is 2.24. The van der Waals surface area contributed by atoms with Crippen LogP contribution in [0.2, 0.25) is 0 Å². The summed E-state index contributed by atoms with van der Waals surface area (Å²) in [5.41, 5.74) is 1.62. The van der Waals surface area contributed by atoms with Gasteiger partial charge in [0.2, 0.25) is 0 Å². The Kier molecular flexibility index (Phi) is 3.12. The molecule has 23 heavy (non-hydrogen) atoms. The van der Waals surface area contributed by atoms with E-state index < -0.39 is 0 Å². The van der Waals surface area contributed by atoms with Crippen molar-refractivity contribution in [3.8, 4) is 22.9 Å². The second kappa shape index (κ2) is 5.42. The zero-order valence-corrected chi connectivity index (χ0v) is 12.0. The maximum Gasteiger partial charge on any atom is 0.325 e. The summed E-state index contributed by atoms with van der Waals surface area (Å²) in [5, 5.41) is 0. The first-order chi connectivity index (χ1) is 11.3. The summed E-state index contributed by atoms with van der Waals surface area (Å²) in [6.07, 6.45) is 1.59. The van der Waals surface area contributed by atoms with Gasteiger partial charge in [0, 0.05) is 5.56 Å². The monoisotopic (exact) mass is 304 g/mol. The van der Waals surface area contributed by atoms with Crippen LogP contribution in [0.4, 0.5) is 0 Å². The van der Waals surface area contributed by atoms with Gasteiger partial charge in [-0.1, -0.05) is 18.2 Å². The van der Waals surface area contributed by atoms with Crippen molar-refractivity contribution in [2.45, 2.75) is 0 Å². The second-order valence-corrected chi connectivity index (χ2v) is 4.97. The van der Waals surface area contributed by atoms with E-state index in [9.17, 15) is 4.79 Å². The minimum absolute atomic E-state index is 0.293. The number of nitrogens with one attached hydrogen (secondary N) is 2. The number of ether oxygens (including phenoxy) is 1. The minimum atomic E-state index is -0.293. The third kappa shape index (κ3) is 2.69. The zero-order chi connectivity index (χ0) is 15.6. The topological polar surface area (TPSA) is 83.7 Å². The molecule has 0 bridgehead atoms. The number of hydrogen-bond donors (Lipinski definition) is 2. The summed E-state index contributed by atoms with van der Waals surface area (Å²) in [6, 6.07) is 17.0. The molecule has 0 saturated carbocycles. The molecule has 0 amide bonds. The largest absolute Gasteiger partial charge is 0.457 e. The summed E-state index contributed by atoms with van der Waals surface area (Å²) in [5.74, 6) is 2.05. The number of nitrogens with zero attached hydrogens (tertiary/aromatic N) is 2. The van der Waals surface area contributed by atoms with Crippen molar-refractivity contribution in [2.75, 3.05) is 0 Å². The highest BCUT2D eigenvalue weighted by atomic mass is 16.5. The van der Waals surface area contributed by atoms with Gasteiger partial charge in [-0.2, -0.15) is 0 Å². The Morgan fingerprint density at radius 2 is 1.61 bits per heavy atom. The van der Waals surface area contributed by atoms with Crippen LogP contribution in [0.3, 0.4) is 0 Å². The number of H-pyrrole nitrogens is 2. The van der Waals surface area contributed by atoms with Crippen molar-refractivity contribution in [1.82, 2.24) is 19.9 Å². The number of aromatic nitrogens is 4. The molecular formula is C17H12N4O2. The lowest BCUT2D eigenvalue weighted by atomic mass is 10.2. The molecule has 6 heteroatoms. The first-order valence-corrected chi connectivity index (χ1v) is 7.06. The first-order valence-electron chi connectivity index (χ1n) is 7.06. The SMILES string of the molecule is O=c1[nH]c2cnc(-c3ccc(Oc4ccccc4)cc3)nc2[nH]1. The number of hydrogen-bond acceptors (Lipinski definition) is 4. The molecule has 0 aliphatic carbocycles. The molecule has 0 spiro atoms. The first kappa shape index (κ1) is 13.3. The number of imidazole rings is 1. The summed E-state index contributed by atoms with van der Waals surface area (Å²) in [6.45, 7) is 0. The molecule has 2 N–H and O–H groups in total. The van der Waals surface area contributed by atoms with E-state index in [1.807, 2.05) is 54.6 Å². The number of benzene rings is 2. The molecule has 2 heterocycles. The molecule has 0 atom stereocenters. The van der Waals surface area contributed by atoms with E-state index in [1.165, 1.54) is 0 Å². The molecule has 112 valence electrons. The number of aromatic amines is 2. The van der Waals surface area contributed by atoms with Crippen molar-refractivity contribution >= 4 is 11.2 Å². The van der Waals surface area contributed by atoms with Crippen molar-refractivity contribution < 1.29 is 4.74 Å². The highest BCUT2D eigenvalue weighted by Gasteiger charge is 2.06. The highest BCUT2D eigenvalue weighted by molar-refractivity contribution is 5.71. The molecule has 2 aromatic heterocycles. The van der Waals surface area contributed by atoms with E-state index >= 15 is 0 Å². The third-order valence-corrected chi connectivity index (χ3v) is 3.36. The molecular weight excluding hydrogens is 292 g/mol. The van der Waals surface area contributed by atoms with Crippen LogP contribution in [0, 0.1) is 0 Å². The maximum absolute atomic E-state index is 11.3. The average molecular weight is 304 g/mol. The fraction of sp³-hybridized carbons (Fsp3) is 0. The van der Waals surface area contributed by atoms with Gasteiger partial charge in [0.1, 0.15) is 17.0 Å². The van der Waals surface area contributed by atoms with E-state index in [-0.39, 0.29) is 5.69 Å². The molecule has 0 unspecified atom stereocenters. The molecule has 0 fully saturated rings. The lowest BCUT2D eigenvalue weighted by molar-refractivity contribution is 0.483. The minimum Gasteiger partial charge on any atom is -0.457 e. The van der Waals surface area contributed by atoms with Crippen molar-refractivity contribution in [3.63, 3.8) is 0 Å². The van der Waals surface area contributed by atoms with Crippen LogP contribution < -0.4 is 10.4 Å². The van der Waals surface area contributed by atoms with Crippen molar-refractivity contribution in [1.29, 1.82) is 0 Å². The van der Waals surface area contributed by atoms with E-state index in [4.69, 9.17) is 4.74 Å². The zero-order valence-electron chi connectivity index (χ0n) is 12.0. The molecule has 6 nitrogen and oxygen atoms in total. The van der Waals surface area contributed by atoms with Crippen molar-refractivity contribution in [2.24, 2.45) is 0 Å². The third-order valence-electron chi connectivity index (χ3n) is 3.36. The van der Waals surface area contributed by atoms with Crippen LogP contribution in [0.1, 0.15) is 0 Å². The summed E-state index contributed by atoms with van der Waals surface area (Å²) < 4.78 is 5.75. The normalized spacial score (nSPS) is 10.8. The average Bonchev–Trinajstić information content (AvgIpc) is 2.95. The lowest BCUT2D eigenvalue weighted by Crippen LogP contribution is -1.99. The van der Waals surface area contributed by atoms with Crippen LogP contribution in [0.25, 0.3) is 22.6 Å². The second-order valence-electron chi connectivity index (χ2n) is 4.97. The van der Waals surface area contributed by atoms with Crippen LogP contribution in [0.15, 0.2) is 65.6 Å². The van der Waals surface area contributed by atoms with Crippen molar-refractivity contribution in [3.05, 3.63) is 71.3 Å². The Balaban J connectivity index is 1.62. The fourth-order valence-electron chi connectivity index (χ4n) is 2.27. The molecule has 2 aromatic carbocycles. The van der Waals surface area contributed by atoms with Crippen LogP contribution in [-0.2, 0) is 0 Å². The molecule has 0 saturated heterocycles. The number of para-hydroxylation sites is 1. The summed E-state index contributed by atoms with van der Waals surface area (Å²) in [7, 11) is 0. The molecule has 0 aliphatic rings. The van der Waals surface area contributed by atoms with E-state index in [0.717, 1.165) is 17.1 Å². The molecule has 0 aliphatic heterocycles. The van der Waals surface area contributed by atoms with Gasteiger partial charge in [-0.15, -0.1) is 0 Å². The van der Waals surface area contributed by atoms with Gasteiger partial charge >= 0.3 is 5.69 Å². The smallest absolute Gasteiger partial charge is 0.325 e. The Morgan fingerprint density at radius 3 is 2.39 bits per heavy atom. The number of rotatable bonds is 3. The van der Waals surface area contributed by atoms with E-state index in [2.05, 4.69) is 19.9 Å². The Bertz CT molecular complexity index is 1000. The van der Waals surface area contributed by atoms with Gasteiger partial charge in [0.15, 0.2) is 11.5 Å². The maximum atomic E-state index is 11.3. The van der Waals surface area contributed by atoms with Gasteiger partial charge in [-0.05, 0) is 36.4 Å². The quantitative estimate of drug-likeness (QED) is 0.609. The van der Waals surface area contributed by atoms with Crippen LogP contribution in [0.5, 0.6) is 11.5 Å². The van der Waals surface area contributed by atoms with E-state index in [1.54, 1.807) is 6.20 Å². The van der Waals surface area contributed by atoms with Gasteiger partial charge in [0.05, 0.1) is 6.20 Å². The van der Waals surface area contributed by atoms with Gasteiger partial charge in [-0.3, -0.25) is 4.98 Å². The standard InChI is InChI=1S/C17H12N4O2/c22-17-19-14-10-18-15(20-16(14)21-17)11-6-8-13(9-7-11)23-12-4-2-1-3-5-12/h1-10H,(H2,18,19,20,21,22).